The molecule has 0 bridgehead atoms. The van der Waals surface area contributed by atoms with Crippen molar-refractivity contribution in [3.8, 4) is 5.75 Å². The SMILES string of the molecule is CC/C(=C(/c1ccc(OCCN2CCN(C(=O)N3CCN(c4ccc5c(c4)CN([C@@H]4CCC(=O)NC4=O)C5=O)CC3)CC2)cc1)c1ccc(B(O)O)cc1)c1ccccc1. The molecule has 60 heavy (non-hydrogen) atoms. The molecule has 3 saturated heterocycles. The van der Waals surface area contributed by atoms with E-state index in [9.17, 15) is 29.2 Å². The number of hydrogen-bond donors (Lipinski definition) is 3. The van der Waals surface area contributed by atoms with Crippen LogP contribution in [0, 0.1) is 0 Å². The molecule has 4 aliphatic rings. The molecule has 0 spiro atoms. The molecule has 0 unspecified atom stereocenters. The van der Waals surface area contributed by atoms with Crippen molar-refractivity contribution in [2.45, 2.75) is 38.8 Å². The van der Waals surface area contributed by atoms with Crippen molar-refractivity contribution in [1.82, 2.24) is 24.9 Å². The van der Waals surface area contributed by atoms with Crippen LogP contribution in [0.2, 0.25) is 0 Å². The fraction of sp³-hybridized carbons (Fsp3) is 0.348. The molecule has 8 rings (SSSR count). The van der Waals surface area contributed by atoms with E-state index >= 15 is 0 Å². The summed E-state index contributed by atoms with van der Waals surface area (Å²) in [6.07, 6.45) is 1.37. The lowest BCUT2D eigenvalue weighted by molar-refractivity contribution is -0.136. The van der Waals surface area contributed by atoms with Gasteiger partial charge in [0.1, 0.15) is 18.4 Å². The largest absolute Gasteiger partial charge is 0.492 e. The summed E-state index contributed by atoms with van der Waals surface area (Å²) in [6, 6.07) is 31.1. The number of rotatable bonds is 11. The molecule has 0 aliphatic carbocycles. The monoisotopic (exact) mass is 810 g/mol. The third kappa shape index (κ3) is 8.81. The van der Waals surface area contributed by atoms with Crippen LogP contribution in [0.4, 0.5) is 10.5 Å². The van der Waals surface area contributed by atoms with E-state index in [1.165, 1.54) is 5.57 Å². The number of amides is 5. The lowest BCUT2D eigenvalue weighted by Gasteiger charge is -2.41. The second kappa shape index (κ2) is 18.1. The Balaban J connectivity index is 0.801. The number of imide groups is 1. The number of carbonyl (C=O) groups excluding carboxylic acids is 4. The number of nitrogens with one attached hydrogen (secondary N) is 1. The minimum absolute atomic E-state index is 0.0684. The van der Waals surface area contributed by atoms with Crippen LogP contribution in [-0.2, 0) is 16.1 Å². The van der Waals surface area contributed by atoms with E-state index in [1.807, 2.05) is 70.5 Å². The lowest BCUT2D eigenvalue weighted by atomic mass is 9.79. The van der Waals surface area contributed by atoms with Gasteiger partial charge < -0.3 is 34.4 Å². The predicted molar refractivity (Wildman–Crippen MR) is 231 cm³/mol. The van der Waals surface area contributed by atoms with Crippen molar-refractivity contribution in [2.24, 2.45) is 0 Å². The van der Waals surface area contributed by atoms with Gasteiger partial charge in [0.05, 0.1) is 0 Å². The number of carbonyl (C=O) groups is 4. The summed E-state index contributed by atoms with van der Waals surface area (Å²) in [6.45, 7) is 9.20. The molecule has 0 radical (unpaired) electrons. The number of ether oxygens (including phenoxy) is 1. The zero-order chi connectivity index (χ0) is 41.8. The number of benzene rings is 4. The maximum Gasteiger partial charge on any atom is 0.488 e. The van der Waals surface area contributed by atoms with Gasteiger partial charge in [-0.15, -0.1) is 0 Å². The van der Waals surface area contributed by atoms with Gasteiger partial charge in [-0.25, -0.2) is 4.79 Å². The summed E-state index contributed by atoms with van der Waals surface area (Å²) in [7, 11) is -1.52. The molecule has 1 atom stereocenters. The van der Waals surface area contributed by atoms with Gasteiger partial charge in [0.25, 0.3) is 5.91 Å². The first-order chi connectivity index (χ1) is 29.2. The highest BCUT2D eigenvalue weighted by Gasteiger charge is 2.39. The van der Waals surface area contributed by atoms with E-state index in [1.54, 1.807) is 17.0 Å². The van der Waals surface area contributed by atoms with E-state index in [4.69, 9.17) is 4.74 Å². The molecule has 4 aromatic carbocycles. The van der Waals surface area contributed by atoms with Crippen molar-refractivity contribution >= 4 is 53.2 Å². The fourth-order valence-corrected chi connectivity index (χ4v) is 8.79. The summed E-state index contributed by atoms with van der Waals surface area (Å²) in [5.74, 6) is -0.113. The number of fused-ring (bicyclic) bond motifs is 1. The van der Waals surface area contributed by atoms with Crippen LogP contribution >= 0.6 is 0 Å². The Bertz CT molecular complexity index is 2240. The van der Waals surface area contributed by atoms with Gasteiger partial charge in [-0.3, -0.25) is 24.6 Å². The standard InChI is InChI=1S/C46H51BN6O7/c1-2-39(32-6-4-3-5-7-32)43(33-8-12-36(13-9-33)47(58)59)34-10-15-38(16-11-34)60-29-28-49-20-22-51(23-21-49)46(57)52-26-24-50(25-27-52)37-14-17-40-35(30-37)31-53(45(40)56)41-18-19-42(54)48-44(41)55/h3-17,30,41,58-59H,2,18-29,31H2,1H3,(H,48,54,55)/b43-39-/t41-/m1/s1. The first-order valence-corrected chi connectivity index (χ1v) is 20.9. The summed E-state index contributed by atoms with van der Waals surface area (Å²) in [5, 5.41) is 21.7. The molecule has 4 heterocycles. The zero-order valence-corrected chi connectivity index (χ0v) is 34.0. The molecule has 310 valence electrons. The van der Waals surface area contributed by atoms with Crippen molar-refractivity contribution in [1.29, 1.82) is 0 Å². The molecule has 5 amide bonds. The van der Waals surface area contributed by atoms with E-state index < -0.39 is 19.1 Å². The topological polar surface area (TPSA) is 146 Å². The Labute approximate surface area is 351 Å². The van der Waals surface area contributed by atoms with Crippen LogP contribution in [0.3, 0.4) is 0 Å². The predicted octanol–water partition coefficient (Wildman–Crippen LogP) is 3.44. The van der Waals surface area contributed by atoms with Gasteiger partial charge >= 0.3 is 13.1 Å². The normalized spacial score (nSPS) is 18.9. The molecule has 13 nitrogen and oxygen atoms in total. The van der Waals surface area contributed by atoms with Crippen LogP contribution in [0.15, 0.2) is 97.1 Å². The van der Waals surface area contributed by atoms with Gasteiger partial charge in [-0.05, 0) is 82.0 Å². The van der Waals surface area contributed by atoms with Crippen LogP contribution in [0.1, 0.15) is 58.8 Å². The highest BCUT2D eigenvalue weighted by atomic mass is 16.5. The van der Waals surface area contributed by atoms with Crippen LogP contribution in [0.5, 0.6) is 5.75 Å². The second-order valence-electron chi connectivity index (χ2n) is 15.8. The molecule has 0 aromatic heterocycles. The minimum atomic E-state index is -1.52. The Morgan fingerprint density at radius 1 is 0.783 bits per heavy atom. The summed E-state index contributed by atoms with van der Waals surface area (Å²) in [5.41, 5.74) is 8.36. The van der Waals surface area contributed by atoms with E-state index in [-0.39, 0.29) is 24.3 Å². The Morgan fingerprint density at radius 2 is 1.43 bits per heavy atom. The fourth-order valence-electron chi connectivity index (χ4n) is 8.79. The third-order valence-electron chi connectivity index (χ3n) is 12.2. The number of nitrogens with zero attached hydrogens (tertiary/aromatic N) is 5. The molecular formula is C46H51BN6O7. The number of urea groups is 1. The van der Waals surface area contributed by atoms with Gasteiger partial charge in [0.15, 0.2) is 0 Å². The second-order valence-corrected chi connectivity index (χ2v) is 15.8. The van der Waals surface area contributed by atoms with Crippen molar-refractivity contribution in [3.63, 3.8) is 0 Å². The molecule has 4 aliphatic heterocycles. The summed E-state index contributed by atoms with van der Waals surface area (Å²) in [4.78, 5) is 60.8. The Morgan fingerprint density at radius 3 is 2.07 bits per heavy atom. The number of hydrogen-bond acceptors (Lipinski definition) is 9. The van der Waals surface area contributed by atoms with Gasteiger partial charge in [0.2, 0.25) is 11.8 Å². The number of piperidine rings is 1. The first kappa shape index (κ1) is 40.8. The maximum absolute atomic E-state index is 13.5. The number of anilines is 1. The van der Waals surface area contributed by atoms with Gasteiger partial charge in [0, 0.05) is 83.1 Å². The van der Waals surface area contributed by atoms with Crippen molar-refractivity contribution < 1.29 is 34.0 Å². The van der Waals surface area contributed by atoms with Crippen molar-refractivity contribution in [2.75, 3.05) is 70.4 Å². The first-order valence-electron chi connectivity index (χ1n) is 20.9. The molecule has 3 fully saturated rings. The maximum atomic E-state index is 13.5. The summed E-state index contributed by atoms with van der Waals surface area (Å²) < 4.78 is 6.20. The Kier molecular flexibility index (Phi) is 12.3. The van der Waals surface area contributed by atoms with Gasteiger partial charge in [-0.2, -0.15) is 0 Å². The quantitative estimate of drug-likeness (QED) is 0.118. The molecule has 4 aromatic rings. The lowest BCUT2D eigenvalue weighted by Crippen LogP contribution is -2.57. The van der Waals surface area contributed by atoms with E-state index in [0.29, 0.717) is 69.9 Å². The molecule has 0 saturated carbocycles. The molecule has 14 heteroatoms. The smallest absolute Gasteiger partial charge is 0.488 e. The average molecular weight is 811 g/mol. The van der Waals surface area contributed by atoms with E-state index in [2.05, 4.69) is 46.3 Å². The van der Waals surface area contributed by atoms with E-state index in [0.717, 1.165) is 65.3 Å². The minimum Gasteiger partial charge on any atom is -0.492 e. The molecule has 3 N–H and O–H groups in total. The molecular weight excluding hydrogens is 759 g/mol. The number of piperazine rings is 2. The Hall–Kier alpha value is -5.96. The van der Waals surface area contributed by atoms with Crippen LogP contribution in [0.25, 0.3) is 11.1 Å². The highest BCUT2D eigenvalue weighted by Crippen LogP contribution is 2.35. The van der Waals surface area contributed by atoms with Crippen molar-refractivity contribution in [3.05, 3.63) is 125 Å². The van der Waals surface area contributed by atoms with Crippen LogP contribution in [-0.4, -0.2) is 132 Å². The van der Waals surface area contributed by atoms with Crippen LogP contribution < -0.4 is 20.4 Å². The number of allylic oxidation sites excluding steroid dienone is 1. The zero-order valence-electron chi connectivity index (χ0n) is 34.0. The van der Waals surface area contributed by atoms with Gasteiger partial charge in [-0.1, -0.05) is 73.7 Å². The average Bonchev–Trinajstić information content (AvgIpc) is 3.60. The third-order valence-corrected chi connectivity index (χ3v) is 12.2. The highest BCUT2D eigenvalue weighted by molar-refractivity contribution is 6.58. The summed E-state index contributed by atoms with van der Waals surface area (Å²) >= 11 is 0.